The third-order valence-electron chi connectivity index (χ3n) is 2.65. The molecule has 4 nitrogen and oxygen atoms in total. The highest BCUT2D eigenvalue weighted by molar-refractivity contribution is 6.30. The summed E-state index contributed by atoms with van der Waals surface area (Å²) >= 11 is 5.88. The molecule has 0 aliphatic rings. The van der Waals surface area contributed by atoms with Crippen molar-refractivity contribution in [3.8, 4) is 0 Å². The van der Waals surface area contributed by atoms with E-state index >= 15 is 0 Å². The lowest BCUT2D eigenvalue weighted by atomic mass is 10.2. The first-order chi connectivity index (χ1) is 9.70. The van der Waals surface area contributed by atoms with Gasteiger partial charge in [0.2, 0.25) is 0 Å². The monoisotopic (exact) mass is 290 g/mol. The molecular weight excluding hydrogens is 276 g/mol. The molecule has 1 aromatic heterocycles. The Balaban J connectivity index is 2.16. The first-order valence-electron chi connectivity index (χ1n) is 6.31. The molecule has 5 heteroatoms. The molecule has 0 saturated heterocycles. The highest BCUT2D eigenvalue weighted by Crippen LogP contribution is 2.19. The molecule has 0 aliphatic carbocycles. The van der Waals surface area contributed by atoms with E-state index in [4.69, 9.17) is 16.3 Å². The molecular formula is C15H15ClN2O2. The molecule has 0 bridgehead atoms. The second kappa shape index (κ2) is 6.91. The molecule has 0 saturated carbocycles. The number of anilines is 1. The smallest absolute Gasteiger partial charge is 0.341 e. The third-order valence-corrected chi connectivity index (χ3v) is 2.86. The van der Waals surface area contributed by atoms with E-state index in [9.17, 15) is 4.79 Å². The number of rotatable bonds is 5. The summed E-state index contributed by atoms with van der Waals surface area (Å²) in [5, 5.41) is 3.53. The summed E-state index contributed by atoms with van der Waals surface area (Å²) in [7, 11) is 0. The van der Waals surface area contributed by atoms with Crippen LogP contribution in [0, 0.1) is 0 Å². The minimum absolute atomic E-state index is 0.309. The number of esters is 1. The van der Waals surface area contributed by atoms with Crippen LogP contribution in [0.4, 0.5) is 5.82 Å². The highest BCUT2D eigenvalue weighted by atomic mass is 35.5. The van der Waals surface area contributed by atoms with Gasteiger partial charge in [-0.05, 0) is 18.6 Å². The molecule has 0 unspecified atom stereocenters. The average Bonchev–Trinajstić information content (AvgIpc) is 2.47. The summed E-state index contributed by atoms with van der Waals surface area (Å²) in [6, 6.07) is 11.4. The predicted molar refractivity (Wildman–Crippen MR) is 79.0 cm³/mol. The summed E-state index contributed by atoms with van der Waals surface area (Å²) in [6.07, 6.45) is 1.50. The summed E-state index contributed by atoms with van der Waals surface area (Å²) in [4.78, 5) is 16.0. The largest absolute Gasteiger partial charge is 0.462 e. The Labute approximate surface area is 122 Å². The topological polar surface area (TPSA) is 51.2 Å². The third kappa shape index (κ3) is 3.71. The van der Waals surface area contributed by atoms with E-state index in [1.165, 1.54) is 6.20 Å². The van der Waals surface area contributed by atoms with Crippen molar-refractivity contribution in [2.24, 2.45) is 0 Å². The zero-order chi connectivity index (χ0) is 14.4. The number of hydrogen-bond donors (Lipinski definition) is 1. The van der Waals surface area contributed by atoms with E-state index in [0.29, 0.717) is 29.6 Å². The molecule has 0 atom stereocenters. The summed E-state index contributed by atoms with van der Waals surface area (Å²) in [5.74, 6) is 0.0368. The van der Waals surface area contributed by atoms with Crippen LogP contribution < -0.4 is 5.32 Å². The molecule has 1 heterocycles. The van der Waals surface area contributed by atoms with Crippen molar-refractivity contribution in [3.63, 3.8) is 0 Å². The van der Waals surface area contributed by atoms with Gasteiger partial charge in [-0.25, -0.2) is 9.78 Å². The van der Waals surface area contributed by atoms with Gasteiger partial charge in [-0.2, -0.15) is 0 Å². The molecule has 20 heavy (non-hydrogen) atoms. The maximum Gasteiger partial charge on any atom is 0.341 e. The summed E-state index contributed by atoms with van der Waals surface area (Å²) in [5.41, 5.74) is 1.44. The van der Waals surface area contributed by atoms with E-state index in [1.54, 1.807) is 13.0 Å². The number of halogens is 1. The molecule has 2 aromatic rings. The number of nitrogens with one attached hydrogen (secondary N) is 1. The molecule has 0 amide bonds. The summed E-state index contributed by atoms with van der Waals surface area (Å²) < 4.78 is 5.00. The van der Waals surface area contributed by atoms with Crippen molar-refractivity contribution < 1.29 is 9.53 Å². The lowest BCUT2D eigenvalue weighted by molar-refractivity contribution is 0.0527. The van der Waals surface area contributed by atoms with Gasteiger partial charge in [0, 0.05) is 12.7 Å². The Kier molecular flexibility index (Phi) is 4.96. The van der Waals surface area contributed by atoms with E-state index in [2.05, 4.69) is 10.3 Å². The van der Waals surface area contributed by atoms with Gasteiger partial charge >= 0.3 is 5.97 Å². The van der Waals surface area contributed by atoms with Crippen molar-refractivity contribution in [1.29, 1.82) is 0 Å². The number of carbonyl (C=O) groups is 1. The number of nitrogens with zero attached hydrogens (tertiary/aromatic N) is 1. The van der Waals surface area contributed by atoms with Gasteiger partial charge in [0.15, 0.2) is 0 Å². The van der Waals surface area contributed by atoms with E-state index in [0.717, 1.165) is 5.56 Å². The Morgan fingerprint density at radius 3 is 2.80 bits per heavy atom. The van der Waals surface area contributed by atoms with Gasteiger partial charge in [-0.15, -0.1) is 0 Å². The minimum atomic E-state index is -0.432. The van der Waals surface area contributed by atoms with Crippen LogP contribution in [0.5, 0.6) is 0 Å². The van der Waals surface area contributed by atoms with Gasteiger partial charge in [0.1, 0.15) is 11.4 Å². The van der Waals surface area contributed by atoms with Crippen molar-refractivity contribution >= 4 is 23.4 Å². The van der Waals surface area contributed by atoms with Crippen LogP contribution in [-0.2, 0) is 11.3 Å². The Morgan fingerprint density at radius 2 is 2.10 bits per heavy atom. The van der Waals surface area contributed by atoms with Gasteiger partial charge in [0.05, 0.1) is 11.6 Å². The van der Waals surface area contributed by atoms with E-state index in [-0.39, 0.29) is 0 Å². The maximum absolute atomic E-state index is 11.9. The molecule has 1 N–H and O–H groups in total. The second-order valence-electron chi connectivity index (χ2n) is 4.11. The first kappa shape index (κ1) is 14.3. The fourth-order valence-electron chi connectivity index (χ4n) is 1.73. The van der Waals surface area contributed by atoms with Crippen LogP contribution in [0.15, 0.2) is 42.6 Å². The highest BCUT2D eigenvalue weighted by Gasteiger charge is 2.14. The number of benzene rings is 1. The maximum atomic E-state index is 11.9. The van der Waals surface area contributed by atoms with E-state index < -0.39 is 5.97 Å². The minimum Gasteiger partial charge on any atom is -0.462 e. The number of hydrogen-bond acceptors (Lipinski definition) is 4. The van der Waals surface area contributed by atoms with E-state index in [1.807, 2.05) is 30.3 Å². The standard InChI is InChI=1S/C15H15ClN2O2/c1-2-20-15(19)13-8-12(16)10-18-14(13)17-9-11-6-4-3-5-7-11/h3-8,10H,2,9H2,1H3,(H,17,18). The molecule has 0 aliphatic heterocycles. The number of pyridine rings is 1. The molecule has 2 rings (SSSR count). The molecule has 0 radical (unpaired) electrons. The Morgan fingerprint density at radius 1 is 1.35 bits per heavy atom. The normalized spacial score (nSPS) is 10.1. The Hall–Kier alpha value is -2.07. The number of ether oxygens (including phenoxy) is 1. The van der Waals surface area contributed by atoms with Crippen molar-refractivity contribution in [1.82, 2.24) is 4.98 Å². The molecule has 0 spiro atoms. The van der Waals surface area contributed by atoms with Gasteiger partial charge < -0.3 is 10.1 Å². The van der Waals surface area contributed by atoms with Crippen LogP contribution in [0.1, 0.15) is 22.8 Å². The van der Waals surface area contributed by atoms with Crippen LogP contribution in [-0.4, -0.2) is 17.6 Å². The van der Waals surface area contributed by atoms with Crippen LogP contribution in [0.25, 0.3) is 0 Å². The SMILES string of the molecule is CCOC(=O)c1cc(Cl)cnc1NCc1ccccc1. The van der Waals surface area contributed by atoms with Crippen LogP contribution in [0.2, 0.25) is 5.02 Å². The van der Waals surface area contributed by atoms with Gasteiger partial charge in [-0.3, -0.25) is 0 Å². The zero-order valence-electron chi connectivity index (χ0n) is 11.1. The van der Waals surface area contributed by atoms with Gasteiger partial charge in [-0.1, -0.05) is 41.9 Å². The predicted octanol–water partition coefficient (Wildman–Crippen LogP) is 3.52. The quantitative estimate of drug-likeness (QED) is 0.856. The van der Waals surface area contributed by atoms with Crippen molar-refractivity contribution in [2.45, 2.75) is 13.5 Å². The fourth-order valence-corrected chi connectivity index (χ4v) is 1.88. The number of aromatic nitrogens is 1. The molecule has 104 valence electrons. The lowest BCUT2D eigenvalue weighted by Crippen LogP contribution is -2.11. The zero-order valence-corrected chi connectivity index (χ0v) is 11.9. The second-order valence-corrected chi connectivity index (χ2v) is 4.55. The van der Waals surface area contributed by atoms with Crippen LogP contribution >= 0.6 is 11.6 Å². The first-order valence-corrected chi connectivity index (χ1v) is 6.69. The average molecular weight is 291 g/mol. The van der Waals surface area contributed by atoms with Gasteiger partial charge in [0.25, 0.3) is 0 Å². The Bertz CT molecular complexity index is 588. The fraction of sp³-hybridized carbons (Fsp3) is 0.200. The number of carbonyl (C=O) groups excluding carboxylic acids is 1. The molecule has 0 fully saturated rings. The lowest BCUT2D eigenvalue weighted by Gasteiger charge is -2.10. The van der Waals surface area contributed by atoms with Crippen molar-refractivity contribution in [3.05, 3.63) is 58.7 Å². The summed E-state index contributed by atoms with van der Waals surface area (Å²) in [6.45, 7) is 2.64. The van der Waals surface area contributed by atoms with Crippen molar-refractivity contribution in [2.75, 3.05) is 11.9 Å². The van der Waals surface area contributed by atoms with Crippen LogP contribution in [0.3, 0.4) is 0 Å². The molecule has 1 aromatic carbocycles.